The van der Waals surface area contributed by atoms with E-state index in [-0.39, 0.29) is 16.1 Å². The number of rotatable bonds is 2. The summed E-state index contributed by atoms with van der Waals surface area (Å²) in [5.41, 5.74) is 6.45. The van der Waals surface area contributed by atoms with Crippen LogP contribution in [0, 0.1) is 23.1 Å². The summed E-state index contributed by atoms with van der Waals surface area (Å²) in [6.45, 7) is 7.41. The summed E-state index contributed by atoms with van der Waals surface area (Å²) < 4.78 is 14.9. The minimum absolute atomic E-state index is 0.129. The van der Waals surface area contributed by atoms with Gasteiger partial charge in [-0.3, -0.25) is 5.41 Å². The highest BCUT2D eigenvalue weighted by Crippen LogP contribution is 2.35. The molecule has 1 saturated heterocycles. The molecule has 2 rings (SSSR count). The van der Waals surface area contributed by atoms with Gasteiger partial charge in [-0.15, -0.1) is 0 Å². The molecular weight excluding hydrogens is 321 g/mol. The number of nitrogens with one attached hydrogen (secondary N) is 1. The zero-order valence-electron chi connectivity index (χ0n) is 12.1. The summed E-state index contributed by atoms with van der Waals surface area (Å²) in [5.74, 6) is 0.623. The molecular formula is C15H21BrFN3. The van der Waals surface area contributed by atoms with Crippen LogP contribution in [0.25, 0.3) is 0 Å². The minimum atomic E-state index is -0.328. The van der Waals surface area contributed by atoms with Gasteiger partial charge in [0, 0.05) is 18.2 Å². The molecule has 0 radical (unpaired) electrons. The molecule has 1 aromatic rings. The third-order valence-electron chi connectivity index (χ3n) is 4.26. The van der Waals surface area contributed by atoms with E-state index in [0.717, 1.165) is 6.54 Å². The minimum Gasteiger partial charge on any atom is -0.384 e. The van der Waals surface area contributed by atoms with E-state index < -0.39 is 0 Å². The number of nitrogens with zero attached hydrogens (tertiary/aromatic N) is 1. The quantitative estimate of drug-likeness (QED) is 0.635. The lowest BCUT2D eigenvalue weighted by Crippen LogP contribution is -2.46. The van der Waals surface area contributed by atoms with Gasteiger partial charge in [-0.2, -0.15) is 0 Å². The van der Waals surface area contributed by atoms with Crippen molar-refractivity contribution in [3.05, 3.63) is 28.0 Å². The molecule has 0 aliphatic carbocycles. The van der Waals surface area contributed by atoms with Crippen LogP contribution in [0.3, 0.4) is 0 Å². The summed E-state index contributed by atoms with van der Waals surface area (Å²) in [7, 11) is 0. The van der Waals surface area contributed by atoms with Crippen molar-refractivity contribution in [2.24, 2.45) is 17.6 Å². The van der Waals surface area contributed by atoms with E-state index in [1.165, 1.54) is 6.42 Å². The van der Waals surface area contributed by atoms with Gasteiger partial charge in [0.05, 0.1) is 10.2 Å². The average Bonchev–Trinajstić information content (AvgIpc) is 2.37. The van der Waals surface area contributed by atoms with E-state index in [2.05, 4.69) is 41.6 Å². The van der Waals surface area contributed by atoms with Gasteiger partial charge in [-0.25, -0.2) is 4.39 Å². The van der Waals surface area contributed by atoms with Crippen LogP contribution < -0.4 is 10.6 Å². The number of piperidine rings is 1. The molecule has 110 valence electrons. The number of amidine groups is 1. The van der Waals surface area contributed by atoms with Crippen LogP contribution in [0.2, 0.25) is 0 Å². The van der Waals surface area contributed by atoms with Crippen molar-refractivity contribution in [3.8, 4) is 0 Å². The Kier molecular flexibility index (Phi) is 4.37. The molecule has 3 unspecified atom stereocenters. The molecule has 20 heavy (non-hydrogen) atoms. The van der Waals surface area contributed by atoms with Crippen molar-refractivity contribution in [3.63, 3.8) is 0 Å². The van der Waals surface area contributed by atoms with E-state index >= 15 is 0 Å². The average molecular weight is 342 g/mol. The van der Waals surface area contributed by atoms with Crippen molar-refractivity contribution in [1.29, 1.82) is 5.41 Å². The van der Waals surface area contributed by atoms with Crippen LogP contribution >= 0.6 is 15.9 Å². The van der Waals surface area contributed by atoms with Crippen molar-refractivity contribution in [1.82, 2.24) is 0 Å². The van der Waals surface area contributed by atoms with E-state index in [9.17, 15) is 4.39 Å². The molecule has 3 N–H and O–H groups in total. The number of nitrogens with two attached hydrogens (primary N) is 1. The van der Waals surface area contributed by atoms with Gasteiger partial charge in [0.25, 0.3) is 0 Å². The maximum absolute atomic E-state index is 14.6. The molecule has 1 heterocycles. The molecule has 5 heteroatoms. The molecule has 0 spiro atoms. The third kappa shape index (κ3) is 2.68. The normalized spacial score (nSPS) is 26.6. The van der Waals surface area contributed by atoms with Crippen LogP contribution in [0.5, 0.6) is 0 Å². The van der Waals surface area contributed by atoms with E-state index in [1.54, 1.807) is 12.1 Å². The third-order valence-corrected chi connectivity index (χ3v) is 5.03. The first-order chi connectivity index (χ1) is 9.32. The van der Waals surface area contributed by atoms with Crippen LogP contribution in [0.15, 0.2) is 16.6 Å². The van der Waals surface area contributed by atoms with Gasteiger partial charge in [0.2, 0.25) is 0 Å². The standard InChI is InChI=1S/C15H21BrFN3/c1-8-6-9(2)10(3)20(7-8)12-5-4-11(15(18)19)13(16)14(12)17/h4-5,8-10H,6-7H2,1-3H3,(H3,18,19). The zero-order valence-corrected chi connectivity index (χ0v) is 13.7. The van der Waals surface area contributed by atoms with E-state index in [0.29, 0.717) is 29.1 Å². The Morgan fingerprint density at radius 3 is 2.65 bits per heavy atom. The summed E-state index contributed by atoms with van der Waals surface area (Å²) in [6, 6.07) is 3.75. The maximum Gasteiger partial charge on any atom is 0.161 e. The fourth-order valence-electron chi connectivity index (χ4n) is 3.00. The first kappa shape index (κ1) is 15.3. The van der Waals surface area contributed by atoms with Crippen molar-refractivity contribution < 1.29 is 4.39 Å². The smallest absolute Gasteiger partial charge is 0.161 e. The van der Waals surface area contributed by atoms with Crippen molar-refractivity contribution >= 4 is 27.5 Å². The summed E-state index contributed by atoms with van der Waals surface area (Å²) >= 11 is 3.23. The Bertz CT molecular complexity index is 532. The van der Waals surface area contributed by atoms with Crippen LogP contribution in [0.1, 0.15) is 32.8 Å². The number of hydrogen-bond donors (Lipinski definition) is 2. The Morgan fingerprint density at radius 2 is 2.05 bits per heavy atom. The van der Waals surface area contributed by atoms with Gasteiger partial charge in [0.1, 0.15) is 5.84 Å². The first-order valence-electron chi connectivity index (χ1n) is 6.92. The first-order valence-corrected chi connectivity index (χ1v) is 7.71. The molecule has 0 aromatic heterocycles. The highest BCUT2D eigenvalue weighted by atomic mass is 79.9. The van der Waals surface area contributed by atoms with Crippen LogP contribution in [-0.2, 0) is 0 Å². The summed E-state index contributed by atoms with van der Waals surface area (Å²) in [6.07, 6.45) is 1.17. The lowest BCUT2D eigenvalue weighted by Gasteiger charge is -2.42. The lowest BCUT2D eigenvalue weighted by molar-refractivity contribution is 0.295. The Labute approximate surface area is 128 Å². The summed E-state index contributed by atoms with van der Waals surface area (Å²) in [4.78, 5) is 2.13. The van der Waals surface area contributed by atoms with Gasteiger partial charge in [-0.1, -0.05) is 13.8 Å². The number of anilines is 1. The van der Waals surface area contributed by atoms with E-state index in [1.807, 2.05) is 0 Å². The molecule has 1 aromatic carbocycles. The van der Waals surface area contributed by atoms with Gasteiger partial charge >= 0.3 is 0 Å². The van der Waals surface area contributed by atoms with Gasteiger partial charge in [-0.05, 0) is 53.2 Å². The number of nitrogen functional groups attached to an aromatic ring is 1. The van der Waals surface area contributed by atoms with Gasteiger partial charge < -0.3 is 10.6 Å². The highest BCUT2D eigenvalue weighted by Gasteiger charge is 2.31. The maximum atomic E-state index is 14.6. The lowest BCUT2D eigenvalue weighted by atomic mass is 9.85. The number of halogens is 2. The van der Waals surface area contributed by atoms with Crippen LogP contribution in [0.4, 0.5) is 10.1 Å². The van der Waals surface area contributed by atoms with E-state index in [4.69, 9.17) is 11.1 Å². The van der Waals surface area contributed by atoms with Crippen molar-refractivity contribution in [2.75, 3.05) is 11.4 Å². The Balaban J connectivity index is 2.42. The molecule has 0 bridgehead atoms. The topological polar surface area (TPSA) is 53.1 Å². The second-order valence-electron chi connectivity index (χ2n) is 5.89. The Hall–Kier alpha value is -1.10. The second-order valence-corrected chi connectivity index (χ2v) is 6.68. The van der Waals surface area contributed by atoms with Crippen molar-refractivity contribution in [2.45, 2.75) is 33.2 Å². The highest BCUT2D eigenvalue weighted by molar-refractivity contribution is 9.10. The largest absolute Gasteiger partial charge is 0.384 e. The number of benzene rings is 1. The Morgan fingerprint density at radius 1 is 1.40 bits per heavy atom. The molecule has 0 amide bonds. The zero-order chi connectivity index (χ0) is 15.0. The van der Waals surface area contributed by atoms with Crippen LogP contribution in [-0.4, -0.2) is 18.4 Å². The molecule has 3 atom stereocenters. The van der Waals surface area contributed by atoms with Gasteiger partial charge in [0.15, 0.2) is 5.82 Å². The molecule has 0 saturated carbocycles. The molecule has 3 nitrogen and oxygen atoms in total. The number of hydrogen-bond acceptors (Lipinski definition) is 2. The molecule has 1 aliphatic heterocycles. The summed E-state index contributed by atoms with van der Waals surface area (Å²) in [5, 5.41) is 7.46. The monoisotopic (exact) mass is 341 g/mol. The molecule has 1 aliphatic rings. The predicted octanol–water partition coefficient (Wildman–Crippen LogP) is 3.74. The SMILES string of the molecule is CC1CC(C)C(C)N(c2ccc(C(=N)N)c(Br)c2F)C1. The fraction of sp³-hybridized carbons (Fsp3) is 0.533. The second kappa shape index (κ2) is 5.72. The predicted molar refractivity (Wildman–Crippen MR) is 84.9 cm³/mol. The molecule has 1 fully saturated rings. The fourth-order valence-corrected chi connectivity index (χ4v) is 3.55.